The Bertz CT molecular complexity index is 329. The zero-order valence-electron chi connectivity index (χ0n) is 8.76. The monoisotopic (exact) mass is 204 g/mol. The molecule has 3 heteroatoms. The van der Waals surface area contributed by atoms with Gasteiger partial charge in [0.1, 0.15) is 0 Å². The number of hydrazone groups is 1. The van der Waals surface area contributed by atoms with Crippen molar-refractivity contribution in [3.8, 4) is 0 Å². The highest BCUT2D eigenvalue weighted by molar-refractivity contribution is 5.24. The van der Waals surface area contributed by atoms with Crippen LogP contribution in [0.25, 0.3) is 0 Å². The Morgan fingerprint density at radius 2 is 1.80 bits per heavy atom. The molecule has 1 heterocycles. The van der Waals surface area contributed by atoms with Gasteiger partial charge in [-0.25, -0.2) is 0 Å². The molecule has 0 aromatic heterocycles. The minimum Gasteiger partial charge on any atom is -0.385 e. The van der Waals surface area contributed by atoms with E-state index in [-0.39, 0.29) is 0 Å². The number of hydrogen-bond acceptors (Lipinski definition) is 3. The first-order chi connectivity index (χ1) is 7.24. The van der Waals surface area contributed by atoms with E-state index in [2.05, 4.69) is 11.8 Å². The van der Waals surface area contributed by atoms with E-state index < -0.39 is 5.60 Å². The summed E-state index contributed by atoms with van der Waals surface area (Å²) in [6, 6.07) is 9.86. The molecule has 1 aromatic carbocycles. The Labute approximate surface area is 90.0 Å². The zero-order chi connectivity index (χ0) is 10.7. The van der Waals surface area contributed by atoms with Crippen molar-refractivity contribution in [2.24, 2.45) is 5.10 Å². The second-order valence-electron chi connectivity index (χ2n) is 3.99. The number of hydrogen-bond donors (Lipinski definition) is 1. The molecule has 3 nitrogen and oxygen atoms in total. The molecule has 0 aliphatic carbocycles. The van der Waals surface area contributed by atoms with Gasteiger partial charge < -0.3 is 5.11 Å². The lowest BCUT2D eigenvalue weighted by Crippen LogP contribution is -2.40. The van der Waals surface area contributed by atoms with Crippen LogP contribution in [0.2, 0.25) is 0 Å². The molecule has 1 fully saturated rings. The molecule has 0 radical (unpaired) electrons. The highest BCUT2D eigenvalue weighted by Crippen LogP contribution is 2.32. The van der Waals surface area contributed by atoms with Crippen LogP contribution in [-0.2, 0) is 5.60 Å². The summed E-state index contributed by atoms with van der Waals surface area (Å²) in [5, 5.41) is 16.2. The highest BCUT2D eigenvalue weighted by atomic mass is 16.3. The summed E-state index contributed by atoms with van der Waals surface area (Å²) in [5.74, 6) is 0. The Morgan fingerprint density at radius 3 is 2.33 bits per heavy atom. The minimum absolute atomic E-state index is 0.678. The summed E-state index contributed by atoms with van der Waals surface area (Å²) in [5.41, 5.74) is 0.330. The van der Waals surface area contributed by atoms with E-state index in [0.29, 0.717) is 0 Å². The van der Waals surface area contributed by atoms with Crippen LogP contribution in [0.5, 0.6) is 0 Å². The molecule has 15 heavy (non-hydrogen) atoms. The molecule has 0 unspecified atom stereocenters. The average molecular weight is 204 g/mol. The van der Waals surface area contributed by atoms with Crippen LogP contribution >= 0.6 is 0 Å². The predicted octanol–water partition coefficient (Wildman–Crippen LogP) is 1.59. The van der Waals surface area contributed by atoms with Crippen molar-refractivity contribution in [1.82, 2.24) is 5.01 Å². The van der Waals surface area contributed by atoms with Crippen molar-refractivity contribution in [1.29, 1.82) is 0 Å². The first-order valence-corrected chi connectivity index (χ1v) is 5.24. The molecule has 0 atom stereocenters. The van der Waals surface area contributed by atoms with E-state index in [0.717, 1.165) is 31.5 Å². The van der Waals surface area contributed by atoms with Gasteiger partial charge in [0.25, 0.3) is 0 Å². The fraction of sp³-hybridized carbons (Fsp3) is 0.417. The molecular formula is C12H16N2O. The summed E-state index contributed by atoms with van der Waals surface area (Å²) in [6.45, 7) is 5.04. The molecular weight excluding hydrogens is 188 g/mol. The van der Waals surface area contributed by atoms with E-state index in [1.807, 2.05) is 35.3 Å². The molecule has 0 saturated carbocycles. The van der Waals surface area contributed by atoms with Crippen LogP contribution in [0.3, 0.4) is 0 Å². The van der Waals surface area contributed by atoms with Crippen LogP contribution in [0.1, 0.15) is 18.4 Å². The Kier molecular flexibility index (Phi) is 2.73. The molecule has 1 aromatic rings. The van der Waals surface area contributed by atoms with E-state index in [9.17, 15) is 5.11 Å². The predicted molar refractivity (Wildman–Crippen MR) is 60.7 cm³/mol. The van der Waals surface area contributed by atoms with Crippen molar-refractivity contribution < 1.29 is 5.11 Å². The van der Waals surface area contributed by atoms with Gasteiger partial charge >= 0.3 is 0 Å². The van der Waals surface area contributed by atoms with Crippen LogP contribution in [0, 0.1) is 0 Å². The van der Waals surface area contributed by atoms with Gasteiger partial charge in [-0.1, -0.05) is 30.3 Å². The Balaban J connectivity index is 2.13. The normalized spacial score (nSPS) is 19.9. The third-order valence-corrected chi connectivity index (χ3v) is 3.08. The van der Waals surface area contributed by atoms with Gasteiger partial charge in [-0.3, -0.25) is 5.01 Å². The van der Waals surface area contributed by atoms with Crippen LogP contribution < -0.4 is 0 Å². The van der Waals surface area contributed by atoms with Crippen LogP contribution in [0.4, 0.5) is 0 Å². The fourth-order valence-electron chi connectivity index (χ4n) is 2.04. The summed E-state index contributed by atoms with van der Waals surface area (Å²) in [4.78, 5) is 0. The SMILES string of the molecule is C=NN1CCC(O)(c2ccccc2)CC1. The summed E-state index contributed by atoms with van der Waals surface area (Å²) in [7, 11) is 0. The summed E-state index contributed by atoms with van der Waals surface area (Å²) >= 11 is 0. The number of nitrogens with zero attached hydrogens (tertiary/aromatic N) is 2. The molecule has 2 rings (SSSR count). The maximum Gasteiger partial charge on any atom is 0.0931 e. The van der Waals surface area contributed by atoms with Crippen molar-refractivity contribution in [2.75, 3.05) is 13.1 Å². The fourth-order valence-corrected chi connectivity index (χ4v) is 2.04. The van der Waals surface area contributed by atoms with Crippen molar-refractivity contribution in [3.05, 3.63) is 35.9 Å². The highest BCUT2D eigenvalue weighted by Gasteiger charge is 2.33. The first kappa shape index (κ1) is 10.2. The number of aliphatic hydroxyl groups is 1. The van der Waals surface area contributed by atoms with E-state index in [4.69, 9.17) is 0 Å². The molecule has 1 aliphatic heterocycles. The van der Waals surface area contributed by atoms with Crippen molar-refractivity contribution in [2.45, 2.75) is 18.4 Å². The van der Waals surface area contributed by atoms with Crippen molar-refractivity contribution in [3.63, 3.8) is 0 Å². The second-order valence-corrected chi connectivity index (χ2v) is 3.99. The zero-order valence-corrected chi connectivity index (χ0v) is 8.76. The van der Waals surface area contributed by atoms with Gasteiger partial charge in [-0.05, 0) is 18.4 Å². The van der Waals surface area contributed by atoms with Gasteiger partial charge in [0.05, 0.1) is 5.60 Å². The van der Waals surface area contributed by atoms with Gasteiger partial charge in [0.2, 0.25) is 0 Å². The molecule has 80 valence electrons. The van der Waals surface area contributed by atoms with E-state index in [1.165, 1.54) is 0 Å². The Hall–Kier alpha value is -1.35. The van der Waals surface area contributed by atoms with Gasteiger partial charge in [-0.15, -0.1) is 0 Å². The number of benzene rings is 1. The largest absolute Gasteiger partial charge is 0.385 e. The summed E-state index contributed by atoms with van der Waals surface area (Å²) < 4.78 is 0. The van der Waals surface area contributed by atoms with Crippen LogP contribution in [-0.4, -0.2) is 29.9 Å². The molecule has 1 aliphatic rings. The minimum atomic E-state index is -0.678. The maximum absolute atomic E-state index is 10.5. The van der Waals surface area contributed by atoms with Gasteiger partial charge in [-0.2, -0.15) is 5.10 Å². The topological polar surface area (TPSA) is 35.8 Å². The summed E-state index contributed by atoms with van der Waals surface area (Å²) in [6.07, 6.45) is 1.44. The van der Waals surface area contributed by atoms with E-state index in [1.54, 1.807) is 0 Å². The standard InChI is InChI=1S/C12H16N2O/c1-13-14-9-7-12(15,8-10-14)11-5-3-2-4-6-11/h2-6,15H,1,7-10H2. The molecule has 0 amide bonds. The molecule has 0 bridgehead atoms. The average Bonchev–Trinajstić information content (AvgIpc) is 2.31. The lowest BCUT2D eigenvalue weighted by Gasteiger charge is -2.37. The molecule has 0 spiro atoms. The first-order valence-electron chi connectivity index (χ1n) is 5.24. The Morgan fingerprint density at radius 1 is 1.20 bits per heavy atom. The number of piperidine rings is 1. The second kappa shape index (κ2) is 4.03. The van der Waals surface area contributed by atoms with Gasteiger partial charge in [0, 0.05) is 19.8 Å². The lowest BCUT2D eigenvalue weighted by atomic mass is 9.85. The maximum atomic E-state index is 10.5. The lowest BCUT2D eigenvalue weighted by molar-refractivity contribution is -0.0251. The van der Waals surface area contributed by atoms with Crippen molar-refractivity contribution >= 4 is 6.72 Å². The van der Waals surface area contributed by atoms with Crippen LogP contribution in [0.15, 0.2) is 35.4 Å². The quantitative estimate of drug-likeness (QED) is 0.742. The number of rotatable bonds is 2. The third-order valence-electron chi connectivity index (χ3n) is 3.08. The van der Waals surface area contributed by atoms with E-state index >= 15 is 0 Å². The van der Waals surface area contributed by atoms with Gasteiger partial charge in [0.15, 0.2) is 0 Å². The molecule has 1 saturated heterocycles. The smallest absolute Gasteiger partial charge is 0.0931 e. The third kappa shape index (κ3) is 2.02. The molecule has 1 N–H and O–H groups in total.